The number of nitro groups is 1. The van der Waals surface area contributed by atoms with Gasteiger partial charge in [0.25, 0.3) is 5.69 Å². The fraction of sp³-hybridized carbons (Fsp3) is 0.143. The normalized spacial score (nSPS) is 9.95. The molecule has 0 radical (unpaired) electrons. The van der Waals surface area contributed by atoms with E-state index in [-0.39, 0.29) is 5.69 Å². The van der Waals surface area contributed by atoms with Gasteiger partial charge in [-0.2, -0.15) is 0 Å². The van der Waals surface area contributed by atoms with Gasteiger partial charge < -0.3 is 10.1 Å². The van der Waals surface area contributed by atoms with Crippen molar-refractivity contribution in [1.82, 2.24) is 0 Å². The van der Waals surface area contributed by atoms with Crippen molar-refractivity contribution in [2.45, 2.75) is 6.61 Å². The number of non-ortho nitro benzene ring substituents is 1. The van der Waals surface area contributed by atoms with E-state index >= 15 is 0 Å². The molecule has 19 heavy (non-hydrogen) atoms. The molecule has 0 aromatic heterocycles. The molecular formula is C14H14N2O3. The molecule has 0 amide bonds. The number of nitro benzene ring substituents is 1. The first-order chi connectivity index (χ1) is 9.19. The lowest BCUT2D eigenvalue weighted by Gasteiger charge is -2.07. The molecule has 0 saturated heterocycles. The molecule has 5 heteroatoms. The maximum absolute atomic E-state index is 10.7. The predicted octanol–water partition coefficient (Wildman–Crippen LogP) is 3.22. The third-order valence-corrected chi connectivity index (χ3v) is 2.67. The van der Waals surface area contributed by atoms with Gasteiger partial charge in [0.05, 0.1) is 4.92 Å². The van der Waals surface area contributed by atoms with E-state index in [0.29, 0.717) is 6.61 Å². The number of benzene rings is 2. The Morgan fingerprint density at radius 3 is 2.58 bits per heavy atom. The summed E-state index contributed by atoms with van der Waals surface area (Å²) in [6.07, 6.45) is 0. The lowest BCUT2D eigenvalue weighted by molar-refractivity contribution is -0.384. The van der Waals surface area contributed by atoms with Gasteiger partial charge in [0.1, 0.15) is 12.4 Å². The van der Waals surface area contributed by atoms with Gasteiger partial charge in [0.2, 0.25) is 0 Å². The van der Waals surface area contributed by atoms with Crippen molar-refractivity contribution in [2.75, 3.05) is 12.4 Å². The largest absolute Gasteiger partial charge is 0.489 e. The summed E-state index contributed by atoms with van der Waals surface area (Å²) in [5.41, 5.74) is 1.85. The van der Waals surface area contributed by atoms with Crippen LogP contribution in [0.25, 0.3) is 0 Å². The van der Waals surface area contributed by atoms with E-state index in [2.05, 4.69) is 5.32 Å². The molecule has 1 N–H and O–H groups in total. The van der Waals surface area contributed by atoms with Crippen molar-refractivity contribution in [3.8, 4) is 5.75 Å². The first-order valence-corrected chi connectivity index (χ1v) is 5.83. The molecule has 2 rings (SSSR count). The summed E-state index contributed by atoms with van der Waals surface area (Å²) < 4.78 is 5.58. The monoisotopic (exact) mass is 258 g/mol. The maximum atomic E-state index is 10.7. The van der Waals surface area contributed by atoms with Crippen LogP contribution in [-0.2, 0) is 6.61 Å². The van der Waals surface area contributed by atoms with Crippen molar-refractivity contribution in [1.29, 1.82) is 0 Å². The zero-order valence-electron chi connectivity index (χ0n) is 10.5. The average molecular weight is 258 g/mol. The van der Waals surface area contributed by atoms with Crippen LogP contribution in [0.4, 0.5) is 11.4 Å². The number of hydrogen-bond donors (Lipinski definition) is 1. The third kappa shape index (κ3) is 3.45. The van der Waals surface area contributed by atoms with E-state index in [9.17, 15) is 10.1 Å². The fourth-order valence-corrected chi connectivity index (χ4v) is 1.64. The molecule has 0 aliphatic carbocycles. The van der Waals surface area contributed by atoms with E-state index in [1.54, 1.807) is 12.1 Å². The summed E-state index contributed by atoms with van der Waals surface area (Å²) in [6, 6.07) is 13.9. The minimum absolute atomic E-state index is 0.0756. The van der Waals surface area contributed by atoms with Crippen LogP contribution >= 0.6 is 0 Å². The zero-order valence-corrected chi connectivity index (χ0v) is 10.5. The van der Waals surface area contributed by atoms with Gasteiger partial charge in [-0.1, -0.05) is 12.1 Å². The Balaban J connectivity index is 2.01. The molecule has 0 aliphatic heterocycles. The number of ether oxygens (including phenoxy) is 1. The molecule has 0 unspecified atom stereocenters. The Morgan fingerprint density at radius 1 is 1.21 bits per heavy atom. The average Bonchev–Trinajstić information content (AvgIpc) is 2.46. The number of rotatable bonds is 5. The van der Waals surface area contributed by atoms with Crippen LogP contribution in [-0.4, -0.2) is 12.0 Å². The second-order valence-corrected chi connectivity index (χ2v) is 3.99. The molecule has 0 saturated carbocycles. The fourth-order valence-electron chi connectivity index (χ4n) is 1.64. The molecule has 0 spiro atoms. The molecule has 98 valence electrons. The molecular weight excluding hydrogens is 244 g/mol. The molecule has 0 bridgehead atoms. The maximum Gasteiger partial charge on any atom is 0.269 e. The van der Waals surface area contributed by atoms with Crippen molar-refractivity contribution < 1.29 is 9.66 Å². The van der Waals surface area contributed by atoms with Gasteiger partial charge in [-0.25, -0.2) is 0 Å². The van der Waals surface area contributed by atoms with Crippen molar-refractivity contribution in [3.63, 3.8) is 0 Å². The van der Waals surface area contributed by atoms with Crippen LogP contribution in [0, 0.1) is 10.1 Å². The van der Waals surface area contributed by atoms with Crippen LogP contribution in [0.1, 0.15) is 5.56 Å². The Bertz CT molecular complexity index is 567. The van der Waals surface area contributed by atoms with Crippen molar-refractivity contribution in [2.24, 2.45) is 0 Å². The second-order valence-electron chi connectivity index (χ2n) is 3.99. The summed E-state index contributed by atoms with van der Waals surface area (Å²) in [5, 5.41) is 13.7. The Hall–Kier alpha value is -2.56. The van der Waals surface area contributed by atoms with Crippen molar-refractivity contribution in [3.05, 3.63) is 64.2 Å². The summed E-state index contributed by atoms with van der Waals surface area (Å²) in [7, 11) is 1.85. The number of nitrogens with zero attached hydrogens (tertiary/aromatic N) is 1. The topological polar surface area (TPSA) is 64.4 Å². The molecule has 0 aliphatic rings. The van der Waals surface area contributed by atoms with Gasteiger partial charge in [-0.05, 0) is 29.8 Å². The summed E-state index contributed by atoms with van der Waals surface area (Å²) in [6.45, 7) is 0.306. The second kappa shape index (κ2) is 5.86. The number of hydrogen-bond acceptors (Lipinski definition) is 4. The third-order valence-electron chi connectivity index (χ3n) is 2.67. The first kappa shape index (κ1) is 12.9. The highest BCUT2D eigenvalue weighted by Crippen LogP contribution is 2.18. The predicted molar refractivity (Wildman–Crippen MR) is 73.4 cm³/mol. The van der Waals surface area contributed by atoms with Crippen LogP contribution in [0.3, 0.4) is 0 Å². The standard InChI is InChI=1S/C14H14N2O3/c1-15-12-5-7-14(8-6-12)19-10-11-3-2-4-13(9-11)16(17)18/h2-9,15H,10H2,1H3. The van der Waals surface area contributed by atoms with Crippen LogP contribution in [0.5, 0.6) is 5.75 Å². The lowest BCUT2D eigenvalue weighted by Crippen LogP contribution is -1.97. The lowest BCUT2D eigenvalue weighted by atomic mass is 10.2. The summed E-state index contributed by atoms with van der Waals surface area (Å²) >= 11 is 0. The van der Waals surface area contributed by atoms with E-state index in [1.165, 1.54) is 12.1 Å². The van der Waals surface area contributed by atoms with Crippen molar-refractivity contribution >= 4 is 11.4 Å². The molecule has 2 aromatic carbocycles. The number of nitrogens with one attached hydrogen (secondary N) is 1. The van der Waals surface area contributed by atoms with Crippen LogP contribution in [0.15, 0.2) is 48.5 Å². The van der Waals surface area contributed by atoms with Gasteiger partial charge in [0, 0.05) is 24.9 Å². The summed E-state index contributed by atoms with van der Waals surface area (Å²) in [5.74, 6) is 0.727. The zero-order chi connectivity index (χ0) is 13.7. The van der Waals surface area contributed by atoms with Gasteiger partial charge in [-0.3, -0.25) is 10.1 Å². The molecule has 0 heterocycles. The van der Waals surface area contributed by atoms with Gasteiger partial charge in [0.15, 0.2) is 0 Å². The highest BCUT2D eigenvalue weighted by atomic mass is 16.6. The van der Waals surface area contributed by atoms with Gasteiger partial charge >= 0.3 is 0 Å². The van der Waals surface area contributed by atoms with Crippen LogP contribution in [0.2, 0.25) is 0 Å². The molecule has 2 aromatic rings. The smallest absolute Gasteiger partial charge is 0.269 e. The van der Waals surface area contributed by atoms with E-state index in [0.717, 1.165) is 17.0 Å². The van der Waals surface area contributed by atoms with E-state index < -0.39 is 4.92 Å². The minimum Gasteiger partial charge on any atom is -0.489 e. The Morgan fingerprint density at radius 2 is 1.95 bits per heavy atom. The Kier molecular flexibility index (Phi) is 3.97. The highest BCUT2D eigenvalue weighted by molar-refractivity contribution is 5.45. The minimum atomic E-state index is -0.411. The Labute approximate surface area is 111 Å². The summed E-state index contributed by atoms with van der Waals surface area (Å²) in [4.78, 5) is 10.2. The van der Waals surface area contributed by atoms with E-state index in [1.807, 2.05) is 31.3 Å². The first-order valence-electron chi connectivity index (χ1n) is 5.83. The molecule has 0 fully saturated rings. The highest BCUT2D eigenvalue weighted by Gasteiger charge is 2.05. The number of anilines is 1. The van der Waals surface area contributed by atoms with Gasteiger partial charge in [-0.15, -0.1) is 0 Å². The molecule has 5 nitrogen and oxygen atoms in total. The van der Waals surface area contributed by atoms with E-state index in [4.69, 9.17) is 4.74 Å². The molecule has 0 atom stereocenters. The van der Waals surface area contributed by atoms with Crippen LogP contribution < -0.4 is 10.1 Å². The SMILES string of the molecule is CNc1ccc(OCc2cccc([N+](=O)[O-])c2)cc1. The quantitative estimate of drug-likeness (QED) is 0.660.